The smallest absolute Gasteiger partial charge is 0.150 e. The van der Waals surface area contributed by atoms with E-state index in [4.69, 9.17) is 0 Å². The molecular weight excluding hydrogens is 212 g/mol. The van der Waals surface area contributed by atoms with Crippen molar-refractivity contribution in [2.24, 2.45) is 0 Å². The molecule has 0 atom stereocenters. The molecule has 0 aliphatic rings. The second-order valence-corrected chi connectivity index (χ2v) is 5.09. The maximum atomic E-state index is 4.53. The highest BCUT2D eigenvalue weighted by molar-refractivity contribution is 8.00. The van der Waals surface area contributed by atoms with Crippen molar-refractivity contribution in [2.75, 3.05) is 6.26 Å². The van der Waals surface area contributed by atoms with Gasteiger partial charge in [0.1, 0.15) is 0 Å². The van der Waals surface area contributed by atoms with Gasteiger partial charge < -0.3 is 4.98 Å². The minimum atomic E-state index is 1.10. The van der Waals surface area contributed by atoms with Gasteiger partial charge in [0.2, 0.25) is 0 Å². The number of fused-ring (bicyclic) bond motifs is 3. The van der Waals surface area contributed by atoms with Gasteiger partial charge in [-0.2, -0.15) is 0 Å². The molecular formula is C10H8N2S2. The van der Waals surface area contributed by atoms with Gasteiger partial charge in [-0.3, -0.25) is 0 Å². The average molecular weight is 220 g/mol. The van der Waals surface area contributed by atoms with E-state index >= 15 is 0 Å². The first-order valence-electron chi connectivity index (χ1n) is 4.29. The lowest BCUT2D eigenvalue weighted by molar-refractivity contribution is 1.31. The molecule has 0 saturated carbocycles. The Labute approximate surface area is 89.4 Å². The third-order valence-electron chi connectivity index (χ3n) is 2.24. The second kappa shape index (κ2) is 3.00. The SMILES string of the molecule is CSc1nc2ccc3[nH]ccc3c2s1. The molecule has 0 radical (unpaired) electrons. The first-order chi connectivity index (χ1) is 6.88. The van der Waals surface area contributed by atoms with E-state index in [1.54, 1.807) is 23.1 Å². The average Bonchev–Trinajstić information content (AvgIpc) is 2.82. The summed E-state index contributed by atoms with van der Waals surface area (Å²) in [6.45, 7) is 0. The van der Waals surface area contributed by atoms with E-state index in [1.807, 2.05) is 6.20 Å². The van der Waals surface area contributed by atoms with E-state index < -0.39 is 0 Å². The fourth-order valence-corrected chi connectivity index (χ4v) is 3.18. The largest absolute Gasteiger partial charge is 0.361 e. The lowest BCUT2D eigenvalue weighted by atomic mass is 10.2. The van der Waals surface area contributed by atoms with Crippen LogP contribution < -0.4 is 0 Å². The Morgan fingerprint density at radius 3 is 3.14 bits per heavy atom. The van der Waals surface area contributed by atoms with Crippen molar-refractivity contribution in [3.8, 4) is 0 Å². The van der Waals surface area contributed by atoms with E-state index in [2.05, 4.69) is 34.4 Å². The quantitative estimate of drug-likeness (QED) is 0.636. The number of hydrogen-bond donors (Lipinski definition) is 1. The van der Waals surface area contributed by atoms with Gasteiger partial charge in [0, 0.05) is 17.1 Å². The van der Waals surface area contributed by atoms with Crippen molar-refractivity contribution in [1.29, 1.82) is 0 Å². The van der Waals surface area contributed by atoms with Crippen LogP contribution in [-0.4, -0.2) is 16.2 Å². The minimum Gasteiger partial charge on any atom is -0.361 e. The Balaban J connectivity index is 2.49. The topological polar surface area (TPSA) is 28.7 Å². The van der Waals surface area contributed by atoms with Crippen LogP contribution >= 0.6 is 23.1 Å². The van der Waals surface area contributed by atoms with Crippen molar-refractivity contribution in [2.45, 2.75) is 4.34 Å². The van der Waals surface area contributed by atoms with Crippen molar-refractivity contribution < 1.29 is 0 Å². The molecule has 0 amide bonds. The molecule has 0 bridgehead atoms. The molecule has 0 aliphatic carbocycles. The van der Waals surface area contributed by atoms with Crippen LogP contribution in [0, 0.1) is 0 Å². The number of H-pyrrole nitrogens is 1. The van der Waals surface area contributed by atoms with Crippen LogP contribution in [0.25, 0.3) is 21.1 Å². The summed E-state index contributed by atoms with van der Waals surface area (Å²) in [6, 6.07) is 6.27. The summed E-state index contributed by atoms with van der Waals surface area (Å²) in [5.41, 5.74) is 2.29. The van der Waals surface area contributed by atoms with Crippen LogP contribution in [0.15, 0.2) is 28.7 Å². The van der Waals surface area contributed by atoms with Crippen molar-refractivity contribution in [3.05, 3.63) is 24.4 Å². The maximum Gasteiger partial charge on any atom is 0.150 e. The van der Waals surface area contributed by atoms with Crippen LogP contribution in [0.4, 0.5) is 0 Å². The van der Waals surface area contributed by atoms with E-state index in [0.29, 0.717) is 0 Å². The van der Waals surface area contributed by atoms with E-state index in [0.717, 1.165) is 9.86 Å². The van der Waals surface area contributed by atoms with Crippen molar-refractivity contribution in [3.63, 3.8) is 0 Å². The number of nitrogens with zero attached hydrogens (tertiary/aromatic N) is 1. The Morgan fingerprint density at radius 2 is 2.29 bits per heavy atom. The highest BCUT2D eigenvalue weighted by atomic mass is 32.2. The molecule has 4 heteroatoms. The van der Waals surface area contributed by atoms with Gasteiger partial charge in [-0.15, -0.1) is 11.3 Å². The minimum absolute atomic E-state index is 1.10. The fourth-order valence-electron chi connectivity index (χ4n) is 1.59. The number of benzene rings is 1. The van der Waals surface area contributed by atoms with Crippen LogP contribution in [0.3, 0.4) is 0 Å². The number of aromatic nitrogens is 2. The van der Waals surface area contributed by atoms with Gasteiger partial charge in [0.15, 0.2) is 4.34 Å². The number of hydrogen-bond acceptors (Lipinski definition) is 3. The highest BCUT2D eigenvalue weighted by Crippen LogP contribution is 2.33. The lowest BCUT2D eigenvalue weighted by Crippen LogP contribution is -1.69. The molecule has 0 unspecified atom stereocenters. The predicted molar refractivity (Wildman–Crippen MR) is 63.3 cm³/mol. The number of thioether (sulfide) groups is 1. The predicted octanol–water partition coefficient (Wildman–Crippen LogP) is 3.50. The molecule has 2 aromatic heterocycles. The lowest BCUT2D eigenvalue weighted by Gasteiger charge is -1.89. The summed E-state index contributed by atoms with van der Waals surface area (Å²) in [5.74, 6) is 0. The second-order valence-electron chi connectivity index (χ2n) is 3.04. The third kappa shape index (κ3) is 1.07. The molecule has 0 fully saturated rings. The first kappa shape index (κ1) is 8.32. The molecule has 0 saturated heterocycles. The molecule has 2 heterocycles. The number of aromatic amines is 1. The first-order valence-corrected chi connectivity index (χ1v) is 6.33. The van der Waals surface area contributed by atoms with Crippen LogP contribution in [0.5, 0.6) is 0 Å². The van der Waals surface area contributed by atoms with Gasteiger partial charge in [0.05, 0.1) is 10.2 Å². The molecule has 0 aliphatic heterocycles. The van der Waals surface area contributed by atoms with Gasteiger partial charge in [-0.1, -0.05) is 11.8 Å². The molecule has 3 aromatic rings. The maximum absolute atomic E-state index is 4.53. The van der Waals surface area contributed by atoms with Gasteiger partial charge >= 0.3 is 0 Å². The summed E-state index contributed by atoms with van der Waals surface area (Å²) in [7, 11) is 0. The summed E-state index contributed by atoms with van der Waals surface area (Å²) < 4.78 is 2.42. The zero-order valence-electron chi connectivity index (χ0n) is 7.57. The van der Waals surface area contributed by atoms with Gasteiger partial charge in [-0.25, -0.2) is 4.98 Å². The molecule has 2 nitrogen and oxygen atoms in total. The zero-order chi connectivity index (χ0) is 9.54. The molecule has 0 spiro atoms. The van der Waals surface area contributed by atoms with Crippen LogP contribution in [-0.2, 0) is 0 Å². The Bertz CT molecular complexity index is 594. The third-order valence-corrected chi connectivity index (χ3v) is 4.33. The molecule has 1 aromatic carbocycles. The summed E-state index contributed by atoms with van der Waals surface area (Å²) >= 11 is 3.47. The van der Waals surface area contributed by atoms with E-state index in [9.17, 15) is 0 Å². The van der Waals surface area contributed by atoms with E-state index in [1.165, 1.54) is 15.6 Å². The molecule has 1 N–H and O–H groups in total. The molecule has 14 heavy (non-hydrogen) atoms. The van der Waals surface area contributed by atoms with Gasteiger partial charge in [0.25, 0.3) is 0 Å². The Hall–Kier alpha value is -1.000. The number of rotatable bonds is 1. The zero-order valence-corrected chi connectivity index (χ0v) is 9.21. The molecule has 70 valence electrons. The number of thiazole rings is 1. The Kier molecular flexibility index (Phi) is 1.78. The molecule has 3 rings (SSSR count). The summed E-state index contributed by atoms with van der Waals surface area (Å²) in [6.07, 6.45) is 4.04. The standard InChI is InChI=1S/C10H8N2S2/c1-13-10-12-8-3-2-7-6(4-5-11-7)9(8)14-10/h2-5,11H,1H3. The van der Waals surface area contributed by atoms with Crippen molar-refractivity contribution >= 4 is 44.2 Å². The highest BCUT2D eigenvalue weighted by Gasteiger charge is 2.06. The monoisotopic (exact) mass is 220 g/mol. The fraction of sp³-hybridized carbons (Fsp3) is 0.100. The summed E-state index contributed by atoms with van der Waals surface area (Å²) in [5, 5.41) is 1.28. The van der Waals surface area contributed by atoms with Crippen molar-refractivity contribution in [1.82, 2.24) is 9.97 Å². The number of nitrogens with one attached hydrogen (secondary N) is 1. The normalized spacial score (nSPS) is 11.5. The Morgan fingerprint density at radius 1 is 1.36 bits per heavy atom. The van der Waals surface area contributed by atoms with Gasteiger partial charge in [-0.05, 0) is 24.5 Å². The van der Waals surface area contributed by atoms with Crippen LogP contribution in [0.1, 0.15) is 0 Å². The van der Waals surface area contributed by atoms with Crippen LogP contribution in [0.2, 0.25) is 0 Å². The van der Waals surface area contributed by atoms with E-state index in [-0.39, 0.29) is 0 Å². The summed E-state index contributed by atoms with van der Waals surface area (Å²) in [4.78, 5) is 7.74.